The van der Waals surface area contributed by atoms with Gasteiger partial charge in [0.1, 0.15) is 11.5 Å². The van der Waals surface area contributed by atoms with Gasteiger partial charge in [-0.3, -0.25) is 19.7 Å². The maximum Gasteiger partial charge on any atom is 0.274 e. The first-order valence-electron chi connectivity index (χ1n) is 11.0. The van der Waals surface area contributed by atoms with Gasteiger partial charge in [-0.1, -0.05) is 29.5 Å². The van der Waals surface area contributed by atoms with E-state index in [2.05, 4.69) is 5.32 Å². The highest BCUT2D eigenvalue weighted by Crippen LogP contribution is 2.35. The lowest BCUT2D eigenvalue weighted by atomic mass is 10.1. The van der Waals surface area contributed by atoms with E-state index in [9.17, 15) is 19.7 Å². The number of amides is 1. The number of ketones is 1. The first-order chi connectivity index (χ1) is 17.3. The molecule has 0 aromatic heterocycles. The molecule has 0 heterocycles. The number of nitrogens with zero attached hydrogens (tertiary/aromatic N) is 1. The number of Topliss-reactive ketones (excluding diaryl/α,β-unsaturated/α-hetero) is 1. The number of anilines is 1. The number of hydrogen-bond donors (Lipinski definition) is 1. The SMILES string of the molecule is CC(=O)c1ccc(NC(=O)c2ccc(Oc3cc(Sc4ccc(C)cc4)cc([N+](=O)[O-])c3)cc2)cc1. The summed E-state index contributed by atoms with van der Waals surface area (Å²) in [5, 5.41) is 14.2. The molecule has 1 N–H and O–H groups in total. The van der Waals surface area contributed by atoms with Crippen LogP contribution >= 0.6 is 11.8 Å². The maximum atomic E-state index is 12.6. The summed E-state index contributed by atoms with van der Waals surface area (Å²) < 4.78 is 5.87. The number of benzene rings is 4. The van der Waals surface area contributed by atoms with Crippen LogP contribution < -0.4 is 10.1 Å². The largest absolute Gasteiger partial charge is 0.457 e. The van der Waals surface area contributed by atoms with Crippen LogP contribution in [0.1, 0.15) is 33.2 Å². The van der Waals surface area contributed by atoms with Crippen molar-refractivity contribution in [3.05, 3.63) is 118 Å². The molecule has 0 aliphatic heterocycles. The van der Waals surface area contributed by atoms with Gasteiger partial charge in [0.25, 0.3) is 11.6 Å². The molecular formula is C28H22N2O5S. The third-order valence-corrected chi connectivity index (χ3v) is 6.21. The van der Waals surface area contributed by atoms with Crippen molar-refractivity contribution in [2.24, 2.45) is 0 Å². The molecule has 0 unspecified atom stereocenters. The number of nitrogens with one attached hydrogen (secondary N) is 1. The van der Waals surface area contributed by atoms with Gasteiger partial charge in [-0.05, 0) is 80.6 Å². The lowest BCUT2D eigenvalue weighted by Gasteiger charge is -2.10. The van der Waals surface area contributed by atoms with Crippen LogP contribution in [-0.2, 0) is 0 Å². The molecule has 1 amide bonds. The van der Waals surface area contributed by atoms with Gasteiger partial charge in [0.15, 0.2) is 5.78 Å². The van der Waals surface area contributed by atoms with Crippen molar-refractivity contribution in [3.8, 4) is 11.5 Å². The molecule has 0 bridgehead atoms. The summed E-state index contributed by atoms with van der Waals surface area (Å²) in [7, 11) is 0. The summed E-state index contributed by atoms with van der Waals surface area (Å²) in [6.07, 6.45) is 0. The van der Waals surface area contributed by atoms with E-state index < -0.39 is 4.92 Å². The molecule has 4 rings (SSSR count). The lowest BCUT2D eigenvalue weighted by Crippen LogP contribution is -2.11. The van der Waals surface area contributed by atoms with Gasteiger partial charge in [-0.2, -0.15) is 0 Å². The fourth-order valence-electron chi connectivity index (χ4n) is 3.32. The zero-order valence-corrected chi connectivity index (χ0v) is 20.4. The fourth-order valence-corrected chi connectivity index (χ4v) is 4.22. The number of aryl methyl sites for hydroxylation is 1. The number of carbonyl (C=O) groups is 2. The molecule has 0 fully saturated rings. The minimum absolute atomic E-state index is 0.0481. The molecule has 0 spiro atoms. The molecule has 7 nitrogen and oxygen atoms in total. The standard InChI is InChI=1S/C28H22N2O5S/c1-18-3-13-26(14-4-18)36-27-16-23(30(33)34)15-25(17-27)35-24-11-7-21(8-12-24)28(32)29-22-9-5-20(6-10-22)19(2)31/h3-17H,1-2H3,(H,29,32). The summed E-state index contributed by atoms with van der Waals surface area (Å²) >= 11 is 1.41. The molecule has 0 radical (unpaired) electrons. The van der Waals surface area contributed by atoms with Crippen LogP contribution in [0.2, 0.25) is 0 Å². The molecule has 0 saturated carbocycles. The average molecular weight is 499 g/mol. The molecule has 0 aliphatic carbocycles. The summed E-state index contributed by atoms with van der Waals surface area (Å²) in [6.45, 7) is 3.48. The minimum Gasteiger partial charge on any atom is -0.457 e. The predicted molar refractivity (Wildman–Crippen MR) is 139 cm³/mol. The zero-order chi connectivity index (χ0) is 25.7. The Hall–Kier alpha value is -4.43. The molecule has 4 aromatic carbocycles. The van der Waals surface area contributed by atoms with Crippen LogP contribution in [0.25, 0.3) is 0 Å². The number of nitro benzene ring substituents is 1. The second kappa shape index (κ2) is 10.9. The number of non-ortho nitro benzene ring substituents is 1. The minimum atomic E-state index is -0.456. The van der Waals surface area contributed by atoms with Crippen molar-refractivity contribution in [1.29, 1.82) is 0 Å². The van der Waals surface area contributed by atoms with Crippen LogP contribution in [0.3, 0.4) is 0 Å². The van der Waals surface area contributed by atoms with E-state index in [1.54, 1.807) is 54.6 Å². The van der Waals surface area contributed by atoms with Gasteiger partial charge in [0, 0.05) is 32.7 Å². The lowest BCUT2D eigenvalue weighted by molar-refractivity contribution is -0.385. The second-order valence-corrected chi connectivity index (χ2v) is 9.20. The Morgan fingerprint density at radius 3 is 2.06 bits per heavy atom. The van der Waals surface area contributed by atoms with Gasteiger partial charge in [0.2, 0.25) is 0 Å². The number of hydrogen-bond acceptors (Lipinski definition) is 6. The van der Waals surface area contributed by atoms with E-state index in [-0.39, 0.29) is 17.4 Å². The Morgan fingerprint density at radius 1 is 0.806 bits per heavy atom. The van der Waals surface area contributed by atoms with E-state index in [1.807, 2.05) is 31.2 Å². The molecular weight excluding hydrogens is 476 g/mol. The van der Waals surface area contributed by atoms with Gasteiger partial charge >= 0.3 is 0 Å². The second-order valence-electron chi connectivity index (χ2n) is 8.05. The Kier molecular flexibility index (Phi) is 7.46. The Balaban J connectivity index is 1.47. The van der Waals surface area contributed by atoms with Crippen molar-refractivity contribution >= 4 is 34.8 Å². The average Bonchev–Trinajstić information content (AvgIpc) is 2.86. The normalized spacial score (nSPS) is 10.5. The maximum absolute atomic E-state index is 12.6. The third kappa shape index (κ3) is 6.37. The van der Waals surface area contributed by atoms with Crippen LogP contribution in [0.4, 0.5) is 11.4 Å². The Bertz CT molecular complexity index is 1420. The first-order valence-corrected chi connectivity index (χ1v) is 11.8. The summed E-state index contributed by atoms with van der Waals surface area (Å²) in [4.78, 5) is 36.6. The topological polar surface area (TPSA) is 98.5 Å². The van der Waals surface area contributed by atoms with Crippen LogP contribution in [0.5, 0.6) is 11.5 Å². The zero-order valence-electron chi connectivity index (χ0n) is 19.6. The van der Waals surface area contributed by atoms with Gasteiger partial charge < -0.3 is 10.1 Å². The number of ether oxygens (including phenoxy) is 1. The van der Waals surface area contributed by atoms with Gasteiger partial charge in [-0.25, -0.2) is 0 Å². The molecule has 0 aliphatic rings. The van der Waals surface area contributed by atoms with E-state index in [0.29, 0.717) is 33.2 Å². The van der Waals surface area contributed by atoms with Crippen molar-refractivity contribution < 1.29 is 19.2 Å². The number of carbonyl (C=O) groups excluding carboxylic acids is 2. The first kappa shape index (κ1) is 24.7. The number of rotatable bonds is 8. The summed E-state index contributed by atoms with van der Waals surface area (Å²) in [5.74, 6) is 0.392. The van der Waals surface area contributed by atoms with E-state index in [4.69, 9.17) is 4.74 Å². The molecule has 0 atom stereocenters. The Labute approximate surface area is 212 Å². The monoisotopic (exact) mass is 498 g/mol. The fraction of sp³-hybridized carbons (Fsp3) is 0.0714. The van der Waals surface area contributed by atoms with E-state index in [0.717, 1.165) is 10.5 Å². The van der Waals surface area contributed by atoms with E-state index >= 15 is 0 Å². The van der Waals surface area contributed by atoms with Crippen molar-refractivity contribution in [1.82, 2.24) is 0 Å². The summed E-state index contributed by atoms with van der Waals surface area (Å²) in [6, 6.07) is 25.6. The summed E-state index contributed by atoms with van der Waals surface area (Å²) in [5.41, 5.74) is 2.60. The van der Waals surface area contributed by atoms with Crippen molar-refractivity contribution in [2.45, 2.75) is 23.6 Å². The molecule has 180 valence electrons. The van der Waals surface area contributed by atoms with E-state index in [1.165, 1.54) is 30.8 Å². The molecule has 8 heteroatoms. The number of nitro groups is 1. The smallest absolute Gasteiger partial charge is 0.274 e. The Morgan fingerprint density at radius 2 is 1.44 bits per heavy atom. The highest BCUT2D eigenvalue weighted by Gasteiger charge is 2.13. The van der Waals surface area contributed by atoms with Crippen LogP contribution in [-0.4, -0.2) is 16.6 Å². The molecule has 0 saturated heterocycles. The highest BCUT2D eigenvalue weighted by molar-refractivity contribution is 7.99. The van der Waals surface area contributed by atoms with Gasteiger partial charge in [0.05, 0.1) is 11.0 Å². The molecule has 36 heavy (non-hydrogen) atoms. The van der Waals surface area contributed by atoms with Gasteiger partial charge in [-0.15, -0.1) is 0 Å². The van der Waals surface area contributed by atoms with Crippen molar-refractivity contribution in [3.63, 3.8) is 0 Å². The predicted octanol–water partition coefficient (Wildman–Crippen LogP) is 7.30. The molecule has 4 aromatic rings. The van der Waals surface area contributed by atoms with Crippen LogP contribution in [0, 0.1) is 17.0 Å². The van der Waals surface area contributed by atoms with Crippen molar-refractivity contribution in [2.75, 3.05) is 5.32 Å². The third-order valence-electron chi connectivity index (χ3n) is 5.23. The quantitative estimate of drug-likeness (QED) is 0.155. The highest BCUT2D eigenvalue weighted by atomic mass is 32.2. The van der Waals surface area contributed by atoms with Crippen LogP contribution in [0.15, 0.2) is 101 Å².